The number of hydrogen-bond donors (Lipinski definition) is 1. The molecule has 2 unspecified atom stereocenters. The van der Waals surface area contributed by atoms with Crippen LogP contribution in [0, 0.1) is 6.92 Å². The minimum absolute atomic E-state index is 0.320. The van der Waals surface area contributed by atoms with Crippen LogP contribution in [0.3, 0.4) is 0 Å². The van der Waals surface area contributed by atoms with Crippen LogP contribution in [0.2, 0.25) is 0 Å². The highest BCUT2D eigenvalue weighted by Gasteiger charge is 2.19. The van der Waals surface area contributed by atoms with E-state index in [-0.39, 0.29) is 0 Å². The van der Waals surface area contributed by atoms with Crippen LogP contribution in [0.15, 0.2) is 47.9 Å². The largest absolute Gasteiger partial charge is 0.309 e. The average molecular weight is 287 g/mol. The van der Waals surface area contributed by atoms with E-state index in [9.17, 15) is 0 Å². The van der Waals surface area contributed by atoms with Gasteiger partial charge in [-0.05, 0) is 25.1 Å². The van der Waals surface area contributed by atoms with Crippen molar-refractivity contribution in [2.45, 2.75) is 37.1 Å². The first-order valence-electron chi connectivity index (χ1n) is 6.93. The van der Waals surface area contributed by atoms with E-state index in [1.807, 2.05) is 6.07 Å². The fourth-order valence-electron chi connectivity index (χ4n) is 2.16. The lowest BCUT2D eigenvalue weighted by Crippen LogP contribution is -2.28. The molecule has 0 aliphatic carbocycles. The smallest absolute Gasteiger partial charge is 0.116 e. The van der Waals surface area contributed by atoms with Crippen LogP contribution < -0.4 is 5.32 Å². The summed E-state index contributed by atoms with van der Waals surface area (Å²) in [6.07, 6.45) is 3.39. The zero-order valence-electron chi connectivity index (χ0n) is 12.2. The maximum atomic E-state index is 4.29. The summed E-state index contributed by atoms with van der Waals surface area (Å²) in [6, 6.07) is 11.0. The molecule has 0 radical (unpaired) electrons. The fraction of sp³-hybridized carbons (Fsp3) is 0.375. The van der Waals surface area contributed by atoms with Crippen LogP contribution >= 0.6 is 11.8 Å². The van der Waals surface area contributed by atoms with E-state index in [1.54, 1.807) is 24.3 Å². The lowest BCUT2D eigenvalue weighted by atomic mass is 10.0. The molecular formula is C16H21N3S. The molecular weight excluding hydrogens is 266 g/mol. The normalized spacial score (nSPS) is 13.9. The second-order valence-corrected chi connectivity index (χ2v) is 6.21. The molecule has 0 bridgehead atoms. The van der Waals surface area contributed by atoms with Crippen molar-refractivity contribution in [2.24, 2.45) is 0 Å². The van der Waals surface area contributed by atoms with Crippen LogP contribution in [-0.4, -0.2) is 21.8 Å². The molecule has 0 spiro atoms. The molecule has 1 heterocycles. The monoisotopic (exact) mass is 287 g/mol. The van der Waals surface area contributed by atoms with Crippen LogP contribution in [-0.2, 0) is 0 Å². The summed E-state index contributed by atoms with van der Waals surface area (Å²) in [7, 11) is 0. The molecule has 3 nitrogen and oxygen atoms in total. The van der Waals surface area contributed by atoms with Crippen LogP contribution in [0.4, 0.5) is 0 Å². The molecule has 0 fully saturated rings. The minimum atomic E-state index is 0.320. The van der Waals surface area contributed by atoms with E-state index in [1.165, 1.54) is 11.1 Å². The Bertz CT molecular complexity index is 513. The first kappa shape index (κ1) is 15.0. The molecule has 0 aliphatic rings. The summed E-state index contributed by atoms with van der Waals surface area (Å²) in [5, 5.41) is 4.99. The number of benzene rings is 1. The highest BCUT2D eigenvalue weighted by atomic mass is 32.2. The Labute approximate surface area is 125 Å². The van der Waals surface area contributed by atoms with Gasteiger partial charge in [0.15, 0.2) is 0 Å². The molecule has 0 saturated carbocycles. The van der Waals surface area contributed by atoms with Gasteiger partial charge in [0, 0.05) is 17.5 Å². The number of aryl methyl sites for hydroxylation is 1. The maximum Gasteiger partial charge on any atom is 0.116 e. The molecule has 20 heavy (non-hydrogen) atoms. The first-order valence-corrected chi connectivity index (χ1v) is 7.81. The third-order valence-corrected chi connectivity index (χ3v) is 4.32. The predicted molar refractivity (Wildman–Crippen MR) is 84.9 cm³/mol. The second kappa shape index (κ2) is 7.41. The Balaban J connectivity index is 2.13. The Morgan fingerprint density at radius 2 is 1.95 bits per heavy atom. The Morgan fingerprint density at radius 3 is 2.55 bits per heavy atom. The van der Waals surface area contributed by atoms with Gasteiger partial charge in [0.1, 0.15) is 6.33 Å². The van der Waals surface area contributed by atoms with Crippen molar-refractivity contribution in [3.63, 3.8) is 0 Å². The van der Waals surface area contributed by atoms with Gasteiger partial charge in [-0.3, -0.25) is 0 Å². The topological polar surface area (TPSA) is 37.8 Å². The van der Waals surface area contributed by atoms with Crippen molar-refractivity contribution in [1.82, 2.24) is 15.3 Å². The van der Waals surface area contributed by atoms with Gasteiger partial charge in [0.25, 0.3) is 0 Å². The number of aromatic nitrogens is 2. The van der Waals surface area contributed by atoms with Gasteiger partial charge >= 0.3 is 0 Å². The molecule has 0 amide bonds. The van der Waals surface area contributed by atoms with Crippen LogP contribution in [0.1, 0.15) is 31.0 Å². The standard InChI is InChI=1S/C16H21N3S/c1-4-18-16(14-7-5-12(2)6-8-14)13(3)20-15-9-10-17-11-19-15/h5-11,13,16,18H,4H2,1-3H3. The lowest BCUT2D eigenvalue weighted by molar-refractivity contribution is 0.547. The number of nitrogens with zero attached hydrogens (tertiary/aromatic N) is 2. The predicted octanol–water partition coefficient (Wildman–Crippen LogP) is 3.62. The van der Waals surface area contributed by atoms with Gasteiger partial charge in [0.2, 0.25) is 0 Å². The van der Waals surface area contributed by atoms with Crippen LogP contribution in [0.5, 0.6) is 0 Å². The third kappa shape index (κ3) is 4.05. The van der Waals surface area contributed by atoms with Gasteiger partial charge in [0.05, 0.1) is 5.03 Å². The SMILES string of the molecule is CCNC(c1ccc(C)cc1)C(C)Sc1ccncn1. The van der Waals surface area contributed by atoms with E-state index in [0.29, 0.717) is 11.3 Å². The minimum Gasteiger partial charge on any atom is -0.309 e. The van der Waals surface area contributed by atoms with Crippen molar-refractivity contribution in [2.75, 3.05) is 6.54 Å². The zero-order valence-corrected chi connectivity index (χ0v) is 13.0. The van der Waals surface area contributed by atoms with E-state index in [2.05, 4.69) is 60.3 Å². The third-order valence-electron chi connectivity index (χ3n) is 3.19. The second-order valence-electron chi connectivity index (χ2n) is 4.82. The molecule has 2 atom stereocenters. The summed E-state index contributed by atoms with van der Waals surface area (Å²) >= 11 is 1.78. The summed E-state index contributed by atoms with van der Waals surface area (Å²) in [6.45, 7) is 7.45. The first-order chi connectivity index (χ1) is 9.70. The van der Waals surface area contributed by atoms with E-state index in [0.717, 1.165) is 11.6 Å². The van der Waals surface area contributed by atoms with Crippen molar-refractivity contribution in [3.8, 4) is 0 Å². The zero-order chi connectivity index (χ0) is 14.4. The number of hydrogen-bond acceptors (Lipinski definition) is 4. The van der Waals surface area contributed by atoms with Gasteiger partial charge in [-0.25, -0.2) is 9.97 Å². The van der Waals surface area contributed by atoms with E-state index in [4.69, 9.17) is 0 Å². The maximum absolute atomic E-state index is 4.29. The van der Waals surface area contributed by atoms with Gasteiger partial charge in [-0.1, -0.05) is 43.7 Å². The highest BCUT2D eigenvalue weighted by molar-refractivity contribution is 7.99. The van der Waals surface area contributed by atoms with Crippen molar-refractivity contribution < 1.29 is 0 Å². The number of nitrogens with one attached hydrogen (secondary N) is 1. The quantitative estimate of drug-likeness (QED) is 0.650. The molecule has 2 aromatic rings. The summed E-state index contributed by atoms with van der Waals surface area (Å²) < 4.78 is 0. The van der Waals surface area contributed by atoms with E-state index < -0.39 is 0 Å². The van der Waals surface area contributed by atoms with Gasteiger partial charge in [-0.2, -0.15) is 0 Å². The summed E-state index contributed by atoms with van der Waals surface area (Å²) in [5.74, 6) is 0. The molecule has 0 aliphatic heterocycles. The van der Waals surface area contributed by atoms with Gasteiger partial charge in [-0.15, -0.1) is 11.8 Å². The lowest BCUT2D eigenvalue weighted by Gasteiger charge is -2.24. The van der Waals surface area contributed by atoms with Gasteiger partial charge < -0.3 is 5.32 Å². The van der Waals surface area contributed by atoms with E-state index >= 15 is 0 Å². The van der Waals surface area contributed by atoms with Crippen molar-refractivity contribution in [1.29, 1.82) is 0 Å². The Hall–Kier alpha value is -1.39. The number of thioether (sulfide) groups is 1. The molecule has 1 aromatic heterocycles. The molecule has 4 heteroatoms. The summed E-state index contributed by atoms with van der Waals surface area (Å²) in [4.78, 5) is 8.25. The molecule has 0 saturated heterocycles. The molecule has 1 N–H and O–H groups in total. The fourth-order valence-corrected chi connectivity index (χ4v) is 3.17. The summed E-state index contributed by atoms with van der Waals surface area (Å²) in [5.41, 5.74) is 2.62. The van der Waals surface area contributed by atoms with Crippen molar-refractivity contribution >= 4 is 11.8 Å². The Kier molecular flexibility index (Phi) is 5.56. The molecule has 2 rings (SSSR count). The molecule has 106 valence electrons. The molecule has 1 aromatic carbocycles. The van der Waals surface area contributed by atoms with Crippen LogP contribution in [0.25, 0.3) is 0 Å². The Morgan fingerprint density at radius 1 is 1.20 bits per heavy atom. The van der Waals surface area contributed by atoms with Crippen molar-refractivity contribution in [3.05, 3.63) is 54.0 Å². The average Bonchev–Trinajstić information content (AvgIpc) is 2.47. The highest BCUT2D eigenvalue weighted by Crippen LogP contribution is 2.30. The number of rotatable bonds is 6.